The van der Waals surface area contributed by atoms with Crippen molar-refractivity contribution in [1.29, 1.82) is 0 Å². The van der Waals surface area contributed by atoms with Crippen molar-refractivity contribution in [3.8, 4) is 22.4 Å². The van der Waals surface area contributed by atoms with Crippen LogP contribution in [0.1, 0.15) is 42.9 Å². The van der Waals surface area contributed by atoms with E-state index < -0.39 is 0 Å². The molecule has 4 aromatic rings. The highest BCUT2D eigenvalue weighted by atomic mass is 16.1. The number of nitrogens with one attached hydrogen (secondary N) is 2. The number of rotatable bonds is 3. The fraction of sp³-hybridized carbons (Fsp3) is 0.321. The van der Waals surface area contributed by atoms with Crippen LogP contribution in [0, 0.1) is 6.92 Å². The molecule has 6 rings (SSSR count). The van der Waals surface area contributed by atoms with E-state index in [4.69, 9.17) is 15.7 Å². The van der Waals surface area contributed by atoms with Gasteiger partial charge in [-0.3, -0.25) is 14.8 Å². The molecule has 188 valence electrons. The minimum atomic E-state index is -0.0497. The second-order valence-corrected chi connectivity index (χ2v) is 9.94. The van der Waals surface area contributed by atoms with Crippen molar-refractivity contribution >= 4 is 23.7 Å². The predicted molar refractivity (Wildman–Crippen MR) is 144 cm³/mol. The van der Waals surface area contributed by atoms with Crippen molar-refractivity contribution in [3.63, 3.8) is 0 Å². The van der Waals surface area contributed by atoms with E-state index in [1.165, 1.54) is 0 Å². The average molecular weight is 495 g/mol. The van der Waals surface area contributed by atoms with Crippen molar-refractivity contribution in [1.82, 2.24) is 30.2 Å². The van der Waals surface area contributed by atoms with Gasteiger partial charge in [0.15, 0.2) is 5.65 Å². The number of benzene rings is 1. The third-order valence-electron chi connectivity index (χ3n) is 7.50. The standard InChI is InChI=1S/C28H30N8O/c1-17-26(20-11-21-8-9-22(12-20)34-25(37)15-30-16-32-21)35-28-23(14-33-36(28)27(17)29)19-7-10-24(31-13-19)18-5-3-2-4-6-18/h2-7,10,13-14,16,20-22H,8-9,11-12,15,29H2,1H3,(H,30,32)(H,34,37). The molecule has 2 bridgehead atoms. The number of aromatic nitrogens is 4. The van der Waals surface area contributed by atoms with Gasteiger partial charge in [-0.1, -0.05) is 36.4 Å². The molecule has 4 heterocycles. The highest BCUT2D eigenvalue weighted by Gasteiger charge is 2.31. The van der Waals surface area contributed by atoms with E-state index in [2.05, 4.69) is 26.8 Å². The quantitative estimate of drug-likeness (QED) is 0.401. The second-order valence-electron chi connectivity index (χ2n) is 9.94. The first kappa shape index (κ1) is 23.1. The molecule has 3 aromatic heterocycles. The lowest BCUT2D eigenvalue weighted by atomic mass is 9.90. The number of nitrogen functional groups attached to an aromatic ring is 1. The monoisotopic (exact) mass is 494 g/mol. The highest BCUT2D eigenvalue weighted by molar-refractivity contribution is 5.80. The molecular formula is C28H30N8O. The maximum absolute atomic E-state index is 12.3. The maximum Gasteiger partial charge on any atom is 0.241 e. The summed E-state index contributed by atoms with van der Waals surface area (Å²) < 4.78 is 1.71. The Labute approximate surface area is 215 Å². The highest BCUT2D eigenvalue weighted by Crippen LogP contribution is 2.36. The summed E-state index contributed by atoms with van der Waals surface area (Å²) >= 11 is 0. The van der Waals surface area contributed by atoms with Gasteiger partial charge in [0, 0.05) is 46.5 Å². The van der Waals surface area contributed by atoms with Gasteiger partial charge in [-0.2, -0.15) is 9.61 Å². The van der Waals surface area contributed by atoms with Crippen molar-refractivity contribution in [2.24, 2.45) is 4.99 Å². The molecule has 1 saturated carbocycles. The number of carbonyl (C=O) groups is 1. The summed E-state index contributed by atoms with van der Waals surface area (Å²) in [5, 5.41) is 11.1. The van der Waals surface area contributed by atoms with Crippen LogP contribution in [0.5, 0.6) is 0 Å². The summed E-state index contributed by atoms with van der Waals surface area (Å²) in [4.78, 5) is 26.4. The number of aliphatic imine (C=N–C) groups is 1. The molecule has 2 aliphatic rings. The molecule has 9 nitrogen and oxygen atoms in total. The Bertz CT molecular complexity index is 1460. The van der Waals surface area contributed by atoms with Gasteiger partial charge in [0.25, 0.3) is 0 Å². The molecular weight excluding hydrogens is 464 g/mol. The molecule has 4 N–H and O–H groups in total. The Balaban J connectivity index is 1.38. The van der Waals surface area contributed by atoms with Gasteiger partial charge in [-0.15, -0.1) is 0 Å². The van der Waals surface area contributed by atoms with Gasteiger partial charge in [-0.05, 0) is 38.7 Å². The van der Waals surface area contributed by atoms with E-state index in [0.29, 0.717) is 11.5 Å². The van der Waals surface area contributed by atoms with E-state index in [1.54, 1.807) is 17.1 Å². The Kier molecular flexibility index (Phi) is 6.04. The second kappa shape index (κ2) is 9.65. The molecule has 1 aromatic carbocycles. The van der Waals surface area contributed by atoms with Crippen LogP contribution in [0.2, 0.25) is 0 Å². The number of anilines is 1. The van der Waals surface area contributed by atoms with Gasteiger partial charge in [0.2, 0.25) is 5.91 Å². The van der Waals surface area contributed by atoms with E-state index in [-0.39, 0.29) is 30.5 Å². The largest absolute Gasteiger partial charge is 0.383 e. The van der Waals surface area contributed by atoms with Gasteiger partial charge in [-0.25, -0.2) is 4.98 Å². The molecule has 1 aliphatic heterocycles. The SMILES string of the molecule is Cc1c(C2CC3CCC(C2)NC(=O)CN=CN3)nc2c(-c3ccc(-c4ccccc4)nc3)cnn2c1N. The zero-order valence-corrected chi connectivity index (χ0v) is 20.8. The van der Waals surface area contributed by atoms with Gasteiger partial charge in [0.1, 0.15) is 12.4 Å². The van der Waals surface area contributed by atoms with Crippen LogP contribution < -0.4 is 16.4 Å². The molecule has 3 unspecified atom stereocenters. The Morgan fingerprint density at radius 1 is 1.00 bits per heavy atom. The first-order chi connectivity index (χ1) is 18.1. The normalized spacial score (nSPS) is 21.9. The average Bonchev–Trinajstić information content (AvgIpc) is 3.24. The minimum absolute atomic E-state index is 0.0497. The summed E-state index contributed by atoms with van der Waals surface area (Å²) in [5.41, 5.74) is 13.0. The van der Waals surface area contributed by atoms with Crippen LogP contribution in [0.3, 0.4) is 0 Å². The maximum atomic E-state index is 12.3. The summed E-state index contributed by atoms with van der Waals surface area (Å²) in [6.45, 7) is 2.16. The minimum Gasteiger partial charge on any atom is -0.383 e. The molecule has 1 fully saturated rings. The summed E-state index contributed by atoms with van der Waals surface area (Å²) in [7, 11) is 0. The number of hydrogen-bond acceptors (Lipinski definition) is 7. The zero-order chi connectivity index (χ0) is 25.4. The molecule has 3 atom stereocenters. The third-order valence-corrected chi connectivity index (χ3v) is 7.50. The van der Waals surface area contributed by atoms with Crippen molar-refractivity contribution in [2.45, 2.75) is 50.6 Å². The van der Waals surface area contributed by atoms with Crippen molar-refractivity contribution in [2.75, 3.05) is 12.3 Å². The fourth-order valence-electron chi connectivity index (χ4n) is 5.53. The lowest BCUT2D eigenvalue weighted by Crippen LogP contribution is -2.38. The molecule has 9 heteroatoms. The van der Waals surface area contributed by atoms with Crippen LogP contribution in [0.25, 0.3) is 28.0 Å². The van der Waals surface area contributed by atoms with Crippen LogP contribution in [0.15, 0.2) is 59.9 Å². The number of nitrogens with zero attached hydrogens (tertiary/aromatic N) is 5. The summed E-state index contributed by atoms with van der Waals surface area (Å²) in [5.74, 6) is 0.664. The van der Waals surface area contributed by atoms with E-state index in [9.17, 15) is 4.79 Å². The third kappa shape index (κ3) is 4.52. The fourth-order valence-corrected chi connectivity index (χ4v) is 5.53. The lowest BCUT2D eigenvalue weighted by Gasteiger charge is -2.23. The number of amides is 1. The summed E-state index contributed by atoms with van der Waals surface area (Å²) in [6.07, 6.45) is 8.92. The number of nitrogens with two attached hydrogens (primary N) is 1. The van der Waals surface area contributed by atoms with Crippen molar-refractivity contribution < 1.29 is 4.79 Å². The number of carbonyl (C=O) groups excluding carboxylic acids is 1. The zero-order valence-electron chi connectivity index (χ0n) is 20.8. The smallest absolute Gasteiger partial charge is 0.241 e. The van der Waals surface area contributed by atoms with E-state index in [1.807, 2.05) is 49.5 Å². The first-order valence-corrected chi connectivity index (χ1v) is 12.8. The van der Waals surface area contributed by atoms with Gasteiger partial charge >= 0.3 is 0 Å². The Morgan fingerprint density at radius 3 is 2.62 bits per heavy atom. The van der Waals surface area contributed by atoms with E-state index in [0.717, 1.165) is 59.3 Å². The number of hydrogen-bond donors (Lipinski definition) is 3. The summed E-state index contributed by atoms with van der Waals surface area (Å²) in [6, 6.07) is 14.5. The molecule has 0 saturated heterocycles. The lowest BCUT2D eigenvalue weighted by molar-refractivity contribution is -0.120. The van der Waals surface area contributed by atoms with Gasteiger partial charge < -0.3 is 16.4 Å². The van der Waals surface area contributed by atoms with Crippen LogP contribution >= 0.6 is 0 Å². The van der Waals surface area contributed by atoms with Crippen molar-refractivity contribution in [3.05, 3.63) is 66.1 Å². The molecule has 37 heavy (non-hydrogen) atoms. The topological polar surface area (TPSA) is 123 Å². The Morgan fingerprint density at radius 2 is 1.81 bits per heavy atom. The van der Waals surface area contributed by atoms with Crippen LogP contribution in [0.4, 0.5) is 5.82 Å². The molecule has 1 amide bonds. The van der Waals surface area contributed by atoms with Gasteiger partial charge in [0.05, 0.1) is 23.9 Å². The first-order valence-electron chi connectivity index (χ1n) is 12.8. The van der Waals surface area contributed by atoms with Crippen LogP contribution in [-0.4, -0.2) is 50.5 Å². The number of pyridine rings is 1. The van der Waals surface area contributed by atoms with E-state index >= 15 is 0 Å². The molecule has 0 spiro atoms. The predicted octanol–water partition coefficient (Wildman–Crippen LogP) is 3.49. The Hall–Kier alpha value is -4.27. The van der Waals surface area contributed by atoms with Crippen LogP contribution in [-0.2, 0) is 4.79 Å². The molecule has 0 radical (unpaired) electrons. The molecule has 1 aliphatic carbocycles. The number of fused-ring (bicyclic) bond motifs is 4.